The topological polar surface area (TPSA) is 37.1 Å². The predicted molar refractivity (Wildman–Crippen MR) is 161 cm³/mol. The zero-order chi connectivity index (χ0) is 28.4. The van der Waals surface area contributed by atoms with Crippen molar-refractivity contribution in [2.45, 2.75) is 85.1 Å². The van der Waals surface area contributed by atoms with Crippen molar-refractivity contribution < 1.29 is 14.2 Å². The quantitative estimate of drug-likeness (QED) is 0.260. The van der Waals surface area contributed by atoms with Crippen molar-refractivity contribution in [2.24, 2.45) is 5.22 Å². The summed E-state index contributed by atoms with van der Waals surface area (Å²) in [7, 11) is 3.47. The molecule has 1 aliphatic rings. The Morgan fingerprint density at radius 2 is 1.08 bits per heavy atom. The lowest BCUT2D eigenvalue weighted by molar-refractivity contribution is -0.500. The Labute approximate surface area is 235 Å². The summed E-state index contributed by atoms with van der Waals surface area (Å²) in [5.74, 6) is 3.06. The SMILES string of the molecule is COc1cccc(OC)c1C1C[N+](c2c(C(C)C)cccc2C(C)C)=NN1c1c(C(C)C)cccc1C(C)C. The van der Waals surface area contributed by atoms with E-state index in [1.807, 2.05) is 18.2 Å². The van der Waals surface area contributed by atoms with Gasteiger partial charge in [-0.3, -0.25) is 0 Å². The first kappa shape index (κ1) is 28.7. The van der Waals surface area contributed by atoms with E-state index in [4.69, 9.17) is 14.7 Å². The van der Waals surface area contributed by atoms with E-state index in [0.29, 0.717) is 30.2 Å². The van der Waals surface area contributed by atoms with Crippen LogP contribution in [0.1, 0.15) is 113 Å². The highest BCUT2D eigenvalue weighted by molar-refractivity contribution is 5.64. The van der Waals surface area contributed by atoms with Gasteiger partial charge in [-0.05, 0) is 35.8 Å². The monoisotopic (exact) mass is 528 g/mol. The summed E-state index contributed by atoms with van der Waals surface area (Å²) in [6, 6.07) is 19.3. The number of hydrogen-bond acceptors (Lipinski definition) is 4. The number of hydrogen-bond donors (Lipinski definition) is 0. The molecule has 0 saturated carbocycles. The minimum Gasteiger partial charge on any atom is -0.496 e. The molecular weight excluding hydrogens is 482 g/mol. The van der Waals surface area contributed by atoms with Gasteiger partial charge in [0, 0.05) is 22.3 Å². The fourth-order valence-electron chi connectivity index (χ4n) is 5.80. The molecule has 39 heavy (non-hydrogen) atoms. The van der Waals surface area contributed by atoms with Gasteiger partial charge < -0.3 is 9.47 Å². The number of benzene rings is 3. The smallest absolute Gasteiger partial charge is 0.195 e. The van der Waals surface area contributed by atoms with E-state index in [2.05, 4.69) is 101 Å². The molecule has 0 fully saturated rings. The maximum absolute atomic E-state index is 5.94. The highest BCUT2D eigenvalue weighted by Crippen LogP contribution is 2.48. The number of para-hydroxylation sites is 2. The molecule has 0 N–H and O–H groups in total. The molecule has 0 amide bonds. The molecule has 1 aliphatic heterocycles. The minimum absolute atomic E-state index is 0.103. The summed E-state index contributed by atoms with van der Waals surface area (Å²) in [4.78, 5) is 0. The standard InChI is InChI=1S/C34H46N3O2/c1-21(2)25-14-11-15-26(22(3)4)33(25)36-20-29(32-30(38-9)18-13-19-31(32)39-10)37(35-36)34-27(23(5)6)16-12-17-28(34)24(7)8/h11-19,21-24,29H,20H2,1-10H3/q+1. The van der Waals surface area contributed by atoms with Gasteiger partial charge in [-0.25, -0.2) is 0 Å². The molecule has 4 rings (SSSR count). The number of ether oxygens (including phenoxy) is 2. The molecule has 5 nitrogen and oxygen atoms in total. The Hall–Kier alpha value is -3.34. The van der Waals surface area contributed by atoms with Gasteiger partial charge in [-0.15, -0.1) is 9.71 Å². The molecule has 1 heterocycles. The molecule has 0 aliphatic carbocycles. The van der Waals surface area contributed by atoms with Crippen molar-refractivity contribution in [1.29, 1.82) is 0 Å². The highest BCUT2D eigenvalue weighted by Gasteiger charge is 2.45. The number of rotatable bonds is 9. The van der Waals surface area contributed by atoms with Crippen molar-refractivity contribution in [2.75, 3.05) is 25.8 Å². The van der Waals surface area contributed by atoms with Crippen LogP contribution in [0.3, 0.4) is 0 Å². The summed E-state index contributed by atoms with van der Waals surface area (Å²) < 4.78 is 14.1. The van der Waals surface area contributed by atoms with Crippen LogP contribution in [-0.4, -0.2) is 25.5 Å². The number of nitrogens with zero attached hydrogens (tertiary/aromatic N) is 3. The summed E-state index contributed by atoms with van der Waals surface area (Å²) in [6.07, 6.45) is 0. The third kappa shape index (κ3) is 5.41. The van der Waals surface area contributed by atoms with Crippen LogP contribution in [-0.2, 0) is 0 Å². The molecule has 0 saturated heterocycles. The fourth-order valence-corrected chi connectivity index (χ4v) is 5.80. The largest absolute Gasteiger partial charge is 0.496 e. The van der Waals surface area contributed by atoms with E-state index in [0.717, 1.165) is 17.1 Å². The van der Waals surface area contributed by atoms with Gasteiger partial charge in [0.05, 0.1) is 25.0 Å². The van der Waals surface area contributed by atoms with Gasteiger partial charge in [0.2, 0.25) is 0 Å². The second-order valence-corrected chi connectivity index (χ2v) is 11.8. The predicted octanol–water partition coefficient (Wildman–Crippen LogP) is 9.47. The van der Waals surface area contributed by atoms with Crippen LogP contribution in [0.5, 0.6) is 11.5 Å². The van der Waals surface area contributed by atoms with Crippen molar-refractivity contribution >= 4 is 11.4 Å². The highest BCUT2D eigenvalue weighted by atomic mass is 16.5. The van der Waals surface area contributed by atoms with E-state index in [1.165, 1.54) is 33.6 Å². The lowest BCUT2D eigenvalue weighted by Crippen LogP contribution is -2.25. The van der Waals surface area contributed by atoms with E-state index in [9.17, 15) is 0 Å². The average Bonchev–Trinajstić information content (AvgIpc) is 3.35. The maximum atomic E-state index is 5.94. The van der Waals surface area contributed by atoms with Gasteiger partial charge in [-0.1, -0.05) is 97.9 Å². The van der Waals surface area contributed by atoms with Crippen molar-refractivity contribution in [3.63, 3.8) is 0 Å². The lowest BCUT2D eigenvalue weighted by atomic mass is 9.91. The first-order valence-electron chi connectivity index (χ1n) is 14.3. The third-order valence-electron chi connectivity index (χ3n) is 7.82. The van der Waals surface area contributed by atoms with E-state index in [1.54, 1.807) is 14.2 Å². The zero-order valence-corrected chi connectivity index (χ0v) is 25.4. The van der Waals surface area contributed by atoms with Gasteiger partial charge in [0.15, 0.2) is 24.0 Å². The van der Waals surface area contributed by atoms with Crippen LogP contribution in [0.4, 0.5) is 11.4 Å². The minimum atomic E-state index is -0.103. The van der Waals surface area contributed by atoms with E-state index in [-0.39, 0.29) is 6.04 Å². The van der Waals surface area contributed by atoms with E-state index < -0.39 is 0 Å². The molecule has 3 aromatic rings. The zero-order valence-electron chi connectivity index (χ0n) is 25.4. The van der Waals surface area contributed by atoms with Crippen LogP contribution in [0.25, 0.3) is 0 Å². The second-order valence-electron chi connectivity index (χ2n) is 11.8. The van der Waals surface area contributed by atoms with Gasteiger partial charge in [0.1, 0.15) is 11.5 Å². The average molecular weight is 529 g/mol. The van der Waals surface area contributed by atoms with Crippen LogP contribution in [0.15, 0.2) is 59.8 Å². The molecule has 1 unspecified atom stereocenters. The van der Waals surface area contributed by atoms with E-state index >= 15 is 0 Å². The molecule has 208 valence electrons. The first-order chi connectivity index (χ1) is 18.6. The number of methoxy groups -OCH3 is 2. The van der Waals surface area contributed by atoms with Crippen LogP contribution in [0, 0.1) is 0 Å². The van der Waals surface area contributed by atoms with Gasteiger partial charge >= 0.3 is 0 Å². The molecule has 5 heteroatoms. The normalized spacial score (nSPS) is 15.6. The van der Waals surface area contributed by atoms with Crippen molar-refractivity contribution in [1.82, 2.24) is 0 Å². The molecule has 0 aromatic heterocycles. The summed E-state index contributed by atoms with van der Waals surface area (Å²) in [6.45, 7) is 18.8. The Morgan fingerprint density at radius 3 is 1.49 bits per heavy atom. The summed E-state index contributed by atoms with van der Waals surface area (Å²) in [5, 5.41) is 7.72. The van der Waals surface area contributed by atoms with Crippen LogP contribution >= 0.6 is 0 Å². The molecular formula is C34H46N3O2+. The maximum Gasteiger partial charge on any atom is 0.195 e. The Morgan fingerprint density at radius 1 is 0.667 bits per heavy atom. The Kier molecular flexibility index (Phi) is 8.68. The van der Waals surface area contributed by atoms with Gasteiger partial charge in [0.25, 0.3) is 0 Å². The molecule has 0 bridgehead atoms. The second kappa shape index (κ2) is 11.8. The molecule has 0 spiro atoms. The van der Waals surface area contributed by atoms with Crippen LogP contribution < -0.4 is 14.5 Å². The molecule has 0 radical (unpaired) electrons. The lowest BCUT2D eigenvalue weighted by Gasteiger charge is -2.24. The fraction of sp³-hybridized carbons (Fsp3) is 0.471. The number of anilines is 1. The first-order valence-corrected chi connectivity index (χ1v) is 14.3. The summed E-state index contributed by atoms with van der Waals surface area (Å²) >= 11 is 0. The van der Waals surface area contributed by atoms with Crippen molar-refractivity contribution in [3.05, 3.63) is 82.4 Å². The molecule has 3 aromatic carbocycles. The Bertz CT molecular complexity index is 1270. The summed E-state index contributed by atoms with van der Waals surface area (Å²) in [5.41, 5.74) is 8.67. The van der Waals surface area contributed by atoms with Crippen LogP contribution in [0.2, 0.25) is 0 Å². The third-order valence-corrected chi connectivity index (χ3v) is 7.82. The molecule has 1 atom stereocenters. The Balaban J connectivity index is 2.06. The van der Waals surface area contributed by atoms with Gasteiger partial charge in [-0.2, -0.15) is 0 Å². The van der Waals surface area contributed by atoms with Crippen molar-refractivity contribution in [3.8, 4) is 11.5 Å².